The molecule has 2 heteroatoms. The Morgan fingerprint density at radius 1 is 1.55 bits per heavy atom. The fourth-order valence-corrected chi connectivity index (χ4v) is 0.776. The van der Waals surface area contributed by atoms with Crippen LogP contribution in [-0.2, 0) is 9.53 Å². The molecule has 0 N–H and O–H groups in total. The van der Waals surface area contributed by atoms with Crippen molar-refractivity contribution >= 4 is 6.29 Å². The number of ether oxygens (including phenoxy) is 1. The molecule has 0 aromatic carbocycles. The van der Waals surface area contributed by atoms with Crippen molar-refractivity contribution in [1.29, 1.82) is 0 Å². The quantitative estimate of drug-likeness (QED) is 0.459. The molecule has 0 fully saturated rings. The van der Waals surface area contributed by atoms with Gasteiger partial charge in [-0.3, -0.25) is 4.79 Å². The molecule has 0 bridgehead atoms. The molecular weight excluding hydrogens is 140 g/mol. The third-order valence-electron chi connectivity index (χ3n) is 1.85. The summed E-state index contributed by atoms with van der Waals surface area (Å²) in [5.74, 6) is 0. The lowest BCUT2D eigenvalue weighted by atomic mass is 10.1. The minimum absolute atomic E-state index is 0.199. The van der Waals surface area contributed by atoms with Gasteiger partial charge in [0, 0.05) is 7.11 Å². The minimum Gasteiger partial charge on any atom is -0.381 e. The van der Waals surface area contributed by atoms with Crippen LogP contribution in [0, 0.1) is 0 Å². The van der Waals surface area contributed by atoms with Crippen molar-refractivity contribution in [2.45, 2.75) is 33.3 Å². The Morgan fingerprint density at radius 2 is 2.09 bits per heavy atom. The second kappa shape index (κ2) is 5.08. The number of carbonyl (C=O) groups excluding carboxylic acids is 1. The van der Waals surface area contributed by atoms with E-state index in [1.54, 1.807) is 7.11 Å². The van der Waals surface area contributed by atoms with Crippen LogP contribution >= 0.6 is 0 Å². The summed E-state index contributed by atoms with van der Waals surface area (Å²) in [4.78, 5) is 10.3. The molecule has 0 radical (unpaired) electrons. The molecule has 64 valence electrons. The second-order valence-corrected chi connectivity index (χ2v) is 2.83. The molecule has 1 atom stereocenters. The highest BCUT2D eigenvalue weighted by Gasteiger charge is 2.02. The second-order valence-electron chi connectivity index (χ2n) is 2.83. The Hall–Kier alpha value is -0.630. The van der Waals surface area contributed by atoms with Crippen LogP contribution in [0.4, 0.5) is 0 Å². The molecule has 1 unspecified atom stereocenters. The Bertz CT molecular complexity index is 159. The first-order valence-electron chi connectivity index (χ1n) is 3.76. The molecule has 0 heterocycles. The van der Waals surface area contributed by atoms with Crippen molar-refractivity contribution in [3.63, 3.8) is 0 Å². The van der Waals surface area contributed by atoms with Gasteiger partial charge in [0.2, 0.25) is 0 Å². The zero-order chi connectivity index (χ0) is 8.85. The molecule has 0 aliphatic rings. The van der Waals surface area contributed by atoms with Crippen LogP contribution in [0.2, 0.25) is 0 Å². The van der Waals surface area contributed by atoms with Crippen LogP contribution in [0.5, 0.6) is 0 Å². The van der Waals surface area contributed by atoms with Gasteiger partial charge in [0.15, 0.2) is 0 Å². The first kappa shape index (κ1) is 10.4. The third-order valence-corrected chi connectivity index (χ3v) is 1.85. The molecule has 0 aliphatic carbocycles. The van der Waals surface area contributed by atoms with Gasteiger partial charge in [-0.1, -0.05) is 5.57 Å². The zero-order valence-corrected chi connectivity index (χ0v) is 7.68. The molecule has 2 nitrogen and oxygen atoms in total. The zero-order valence-electron chi connectivity index (χ0n) is 7.68. The molecule has 0 rings (SSSR count). The van der Waals surface area contributed by atoms with E-state index in [0.717, 1.165) is 23.9 Å². The largest absolute Gasteiger partial charge is 0.381 e. The molecule has 0 amide bonds. The van der Waals surface area contributed by atoms with E-state index < -0.39 is 0 Å². The number of hydrogen-bond donors (Lipinski definition) is 0. The van der Waals surface area contributed by atoms with Gasteiger partial charge in [-0.15, -0.1) is 0 Å². The summed E-state index contributed by atoms with van der Waals surface area (Å²) in [6, 6.07) is 0. The van der Waals surface area contributed by atoms with E-state index in [4.69, 9.17) is 4.74 Å². The highest BCUT2D eigenvalue weighted by Crippen LogP contribution is 2.10. The Kier molecular flexibility index (Phi) is 4.79. The van der Waals surface area contributed by atoms with E-state index in [1.165, 1.54) is 0 Å². The van der Waals surface area contributed by atoms with E-state index in [0.29, 0.717) is 0 Å². The van der Waals surface area contributed by atoms with Crippen molar-refractivity contribution in [2.24, 2.45) is 0 Å². The first-order chi connectivity index (χ1) is 5.11. The third kappa shape index (κ3) is 3.94. The summed E-state index contributed by atoms with van der Waals surface area (Å²) >= 11 is 0. The molecule has 11 heavy (non-hydrogen) atoms. The number of rotatable bonds is 4. The van der Waals surface area contributed by atoms with E-state index in [-0.39, 0.29) is 6.10 Å². The van der Waals surface area contributed by atoms with Gasteiger partial charge in [0.05, 0.1) is 6.10 Å². The number of hydrogen-bond acceptors (Lipinski definition) is 2. The molecule has 0 aromatic heterocycles. The SMILES string of the molecule is COC(C)CC(C)=C(C)C=O. The standard InChI is InChI=1S/C9H16O2/c1-7(8(2)6-10)5-9(3)11-4/h6,9H,5H2,1-4H3. The first-order valence-corrected chi connectivity index (χ1v) is 3.76. The molecule has 0 spiro atoms. The maximum atomic E-state index is 10.3. The summed E-state index contributed by atoms with van der Waals surface area (Å²) in [6.45, 7) is 5.77. The van der Waals surface area contributed by atoms with Crippen LogP contribution in [0.1, 0.15) is 27.2 Å². The molecule has 0 saturated heterocycles. The summed E-state index contributed by atoms with van der Waals surface area (Å²) in [6.07, 6.45) is 1.92. The lowest BCUT2D eigenvalue weighted by Crippen LogP contribution is -2.05. The topological polar surface area (TPSA) is 26.3 Å². The van der Waals surface area contributed by atoms with Gasteiger partial charge in [-0.05, 0) is 32.8 Å². The van der Waals surface area contributed by atoms with E-state index in [1.807, 2.05) is 20.8 Å². The van der Waals surface area contributed by atoms with Gasteiger partial charge >= 0.3 is 0 Å². The average molecular weight is 156 g/mol. The van der Waals surface area contributed by atoms with Gasteiger partial charge in [0.25, 0.3) is 0 Å². The number of carbonyl (C=O) groups is 1. The summed E-state index contributed by atoms with van der Waals surface area (Å²) < 4.78 is 5.07. The van der Waals surface area contributed by atoms with E-state index in [9.17, 15) is 4.79 Å². The van der Waals surface area contributed by atoms with Crippen LogP contribution in [0.15, 0.2) is 11.1 Å². The average Bonchev–Trinajstić information content (AvgIpc) is 2.02. The van der Waals surface area contributed by atoms with Gasteiger partial charge < -0.3 is 4.74 Å². The normalized spacial score (nSPS) is 15.6. The van der Waals surface area contributed by atoms with Crippen LogP contribution < -0.4 is 0 Å². The highest BCUT2D eigenvalue weighted by molar-refractivity contribution is 5.73. The Morgan fingerprint density at radius 3 is 2.45 bits per heavy atom. The van der Waals surface area contributed by atoms with Crippen molar-refractivity contribution in [1.82, 2.24) is 0 Å². The smallest absolute Gasteiger partial charge is 0.145 e. The minimum atomic E-state index is 0.199. The number of allylic oxidation sites excluding steroid dienone is 1. The van der Waals surface area contributed by atoms with Crippen molar-refractivity contribution in [2.75, 3.05) is 7.11 Å². The lowest BCUT2D eigenvalue weighted by Gasteiger charge is -2.09. The van der Waals surface area contributed by atoms with Gasteiger partial charge in [0.1, 0.15) is 6.29 Å². The molecule has 0 aliphatic heterocycles. The van der Waals surface area contributed by atoms with Crippen LogP contribution in [0.3, 0.4) is 0 Å². The maximum absolute atomic E-state index is 10.3. The monoisotopic (exact) mass is 156 g/mol. The highest BCUT2D eigenvalue weighted by atomic mass is 16.5. The predicted molar refractivity (Wildman–Crippen MR) is 45.5 cm³/mol. The molecule has 0 saturated carbocycles. The molecular formula is C9H16O2. The van der Waals surface area contributed by atoms with E-state index >= 15 is 0 Å². The number of aldehydes is 1. The van der Waals surface area contributed by atoms with Crippen molar-refractivity contribution in [3.05, 3.63) is 11.1 Å². The Labute approximate surface area is 68.2 Å². The van der Waals surface area contributed by atoms with Crippen molar-refractivity contribution < 1.29 is 9.53 Å². The summed E-state index contributed by atoms with van der Waals surface area (Å²) in [7, 11) is 1.67. The molecule has 0 aromatic rings. The maximum Gasteiger partial charge on any atom is 0.145 e. The predicted octanol–water partition coefficient (Wildman–Crippen LogP) is 1.95. The fourth-order valence-electron chi connectivity index (χ4n) is 0.776. The van der Waals surface area contributed by atoms with E-state index in [2.05, 4.69) is 0 Å². The fraction of sp³-hybridized carbons (Fsp3) is 0.667. The summed E-state index contributed by atoms with van der Waals surface area (Å²) in [5, 5.41) is 0. The van der Waals surface area contributed by atoms with Crippen LogP contribution in [0.25, 0.3) is 0 Å². The van der Waals surface area contributed by atoms with Crippen LogP contribution in [-0.4, -0.2) is 19.5 Å². The van der Waals surface area contributed by atoms with Gasteiger partial charge in [-0.25, -0.2) is 0 Å². The summed E-state index contributed by atoms with van der Waals surface area (Å²) in [5.41, 5.74) is 1.92. The number of methoxy groups -OCH3 is 1. The van der Waals surface area contributed by atoms with Gasteiger partial charge in [-0.2, -0.15) is 0 Å². The van der Waals surface area contributed by atoms with Crippen molar-refractivity contribution in [3.8, 4) is 0 Å². The lowest BCUT2D eigenvalue weighted by molar-refractivity contribution is -0.104. The Balaban J connectivity index is 4.04.